The zero-order chi connectivity index (χ0) is 18.0. The summed E-state index contributed by atoms with van der Waals surface area (Å²) in [5, 5.41) is 0.388. The van der Waals surface area contributed by atoms with Crippen LogP contribution in [0, 0.1) is 6.92 Å². The lowest BCUT2D eigenvalue weighted by Crippen LogP contribution is -2.35. The summed E-state index contributed by atoms with van der Waals surface area (Å²) in [5.41, 5.74) is 1.53. The van der Waals surface area contributed by atoms with Crippen LogP contribution >= 0.6 is 11.6 Å². The topological polar surface area (TPSA) is 59.0 Å². The Kier molecular flexibility index (Phi) is 5.01. The number of aliphatic imine (C=N–C) groups is 1. The number of sulfonamides is 1. The second kappa shape index (κ2) is 7.06. The van der Waals surface area contributed by atoms with Crippen molar-refractivity contribution in [2.24, 2.45) is 4.99 Å². The number of rotatable bonds is 5. The molecule has 0 atom stereocenters. The lowest BCUT2D eigenvalue weighted by molar-refractivity contribution is 0.330. The van der Waals surface area contributed by atoms with Crippen LogP contribution < -0.4 is 4.74 Å². The van der Waals surface area contributed by atoms with Crippen LogP contribution in [0.4, 0.5) is 0 Å². The Hall–Kier alpha value is -2.05. The van der Waals surface area contributed by atoms with Crippen LogP contribution in [0.3, 0.4) is 0 Å². The highest BCUT2D eigenvalue weighted by Crippen LogP contribution is 2.33. The quantitative estimate of drug-likeness (QED) is 0.800. The Morgan fingerprint density at radius 1 is 1.24 bits per heavy atom. The van der Waals surface area contributed by atoms with Gasteiger partial charge in [-0.15, -0.1) is 0 Å². The number of halogens is 1. The predicted octanol–water partition coefficient (Wildman–Crippen LogP) is 3.50. The minimum atomic E-state index is -3.84. The van der Waals surface area contributed by atoms with Crippen LogP contribution in [0.15, 0.2) is 52.4 Å². The standard InChI is InChI=1S/C18H19ClN2O3S/c1-3-24-16-11-13(2)15(19)12-17(16)25(22,23)21-10-9-20-18(21)14-7-5-4-6-8-14/h4-8,11-12H,3,9-10H2,1-2H3. The maximum atomic E-state index is 13.3. The Bertz CT molecular complexity index is 911. The van der Waals surface area contributed by atoms with Gasteiger partial charge in [0, 0.05) is 10.6 Å². The van der Waals surface area contributed by atoms with Crippen molar-refractivity contribution in [2.75, 3.05) is 19.7 Å². The van der Waals surface area contributed by atoms with E-state index in [9.17, 15) is 8.42 Å². The lowest BCUT2D eigenvalue weighted by atomic mass is 10.2. The van der Waals surface area contributed by atoms with Crippen molar-refractivity contribution in [1.82, 2.24) is 4.31 Å². The molecule has 7 heteroatoms. The molecule has 25 heavy (non-hydrogen) atoms. The van der Waals surface area contributed by atoms with E-state index in [0.29, 0.717) is 36.3 Å². The third-order valence-corrected chi connectivity index (χ3v) is 6.14. The Morgan fingerprint density at radius 2 is 1.96 bits per heavy atom. The average Bonchev–Trinajstić information content (AvgIpc) is 3.09. The zero-order valence-electron chi connectivity index (χ0n) is 14.1. The normalized spacial score (nSPS) is 14.5. The molecule has 0 unspecified atom stereocenters. The first-order valence-electron chi connectivity index (χ1n) is 8.00. The number of ether oxygens (including phenoxy) is 1. The molecule has 0 aromatic heterocycles. The molecule has 0 fully saturated rings. The largest absolute Gasteiger partial charge is 0.492 e. The SMILES string of the molecule is CCOc1cc(C)c(Cl)cc1S(=O)(=O)N1CCN=C1c1ccccc1. The molecule has 0 saturated heterocycles. The molecule has 3 rings (SSSR count). The first-order chi connectivity index (χ1) is 11.9. The molecule has 0 radical (unpaired) electrons. The van der Waals surface area contributed by atoms with Gasteiger partial charge in [0.25, 0.3) is 10.0 Å². The number of benzene rings is 2. The van der Waals surface area contributed by atoms with E-state index in [2.05, 4.69) is 4.99 Å². The van der Waals surface area contributed by atoms with Gasteiger partial charge in [-0.3, -0.25) is 4.99 Å². The molecule has 1 aliphatic heterocycles. The van der Waals surface area contributed by atoms with Crippen LogP contribution in [0.25, 0.3) is 0 Å². The summed E-state index contributed by atoms with van der Waals surface area (Å²) in [7, 11) is -3.84. The van der Waals surface area contributed by atoms with Crippen LogP contribution in [-0.4, -0.2) is 38.3 Å². The van der Waals surface area contributed by atoms with E-state index in [1.165, 1.54) is 10.4 Å². The molecule has 0 bridgehead atoms. The lowest BCUT2D eigenvalue weighted by Gasteiger charge is -2.22. The number of aryl methyl sites for hydroxylation is 1. The molecule has 0 amide bonds. The van der Waals surface area contributed by atoms with E-state index < -0.39 is 10.0 Å². The summed E-state index contributed by atoms with van der Waals surface area (Å²) in [6, 6.07) is 12.4. The minimum Gasteiger partial charge on any atom is -0.492 e. The van der Waals surface area contributed by atoms with Gasteiger partial charge in [-0.25, -0.2) is 12.7 Å². The van der Waals surface area contributed by atoms with Crippen LogP contribution in [-0.2, 0) is 10.0 Å². The first-order valence-corrected chi connectivity index (χ1v) is 9.82. The molecule has 0 aliphatic carbocycles. The van der Waals surface area contributed by atoms with Crippen molar-refractivity contribution in [1.29, 1.82) is 0 Å². The van der Waals surface area contributed by atoms with Crippen molar-refractivity contribution < 1.29 is 13.2 Å². The Morgan fingerprint density at radius 3 is 2.64 bits per heavy atom. The van der Waals surface area contributed by atoms with Gasteiger partial charge in [0.05, 0.1) is 19.7 Å². The average molecular weight is 379 g/mol. The maximum Gasteiger partial charge on any atom is 0.269 e. The van der Waals surface area contributed by atoms with Gasteiger partial charge < -0.3 is 4.74 Å². The van der Waals surface area contributed by atoms with Crippen molar-refractivity contribution in [3.8, 4) is 5.75 Å². The number of hydrogen-bond donors (Lipinski definition) is 0. The summed E-state index contributed by atoms with van der Waals surface area (Å²) in [6.07, 6.45) is 0. The molecule has 132 valence electrons. The van der Waals surface area contributed by atoms with E-state index in [1.54, 1.807) is 6.07 Å². The smallest absolute Gasteiger partial charge is 0.269 e. The molecule has 5 nitrogen and oxygen atoms in total. The third-order valence-electron chi connectivity index (χ3n) is 3.93. The Balaban J connectivity index is 2.08. The summed E-state index contributed by atoms with van der Waals surface area (Å²) in [5.74, 6) is 0.753. The molecule has 0 N–H and O–H groups in total. The molecular formula is C18H19ClN2O3S. The fourth-order valence-electron chi connectivity index (χ4n) is 2.71. The fraction of sp³-hybridized carbons (Fsp3) is 0.278. The number of nitrogens with zero attached hydrogens (tertiary/aromatic N) is 2. The van der Waals surface area contributed by atoms with Gasteiger partial charge in [0.2, 0.25) is 0 Å². The van der Waals surface area contributed by atoms with Gasteiger partial charge >= 0.3 is 0 Å². The summed E-state index contributed by atoms with van der Waals surface area (Å²) in [6.45, 7) is 4.71. The fourth-order valence-corrected chi connectivity index (χ4v) is 4.53. The maximum absolute atomic E-state index is 13.3. The van der Waals surface area contributed by atoms with E-state index in [4.69, 9.17) is 16.3 Å². The molecule has 2 aromatic rings. The second-order valence-electron chi connectivity index (χ2n) is 5.63. The Labute approximate surface area is 153 Å². The van der Waals surface area contributed by atoms with E-state index in [1.807, 2.05) is 44.2 Å². The molecule has 1 aliphatic rings. The predicted molar refractivity (Wildman–Crippen MR) is 99.1 cm³/mol. The van der Waals surface area contributed by atoms with Crippen molar-refractivity contribution in [2.45, 2.75) is 18.7 Å². The second-order valence-corrected chi connectivity index (χ2v) is 7.87. The number of amidine groups is 1. The van der Waals surface area contributed by atoms with Gasteiger partial charge in [-0.05, 0) is 31.5 Å². The molecule has 0 saturated carbocycles. The summed E-state index contributed by atoms with van der Waals surface area (Å²) in [4.78, 5) is 4.45. The van der Waals surface area contributed by atoms with E-state index in [0.717, 1.165) is 11.1 Å². The van der Waals surface area contributed by atoms with Gasteiger partial charge in [0.15, 0.2) is 0 Å². The molecule has 0 spiro atoms. The zero-order valence-corrected chi connectivity index (χ0v) is 15.6. The van der Waals surface area contributed by atoms with Gasteiger partial charge in [0.1, 0.15) is 16.5 Å². The highest BCUT2D eigenvalue weighted by atomic mass is 35.5. The minimum absolute atomic E-state index is 0.0653. The van der Waals surface area contributed by atoms with E-state index >= 15 is 0 Å². The third kappa shape index (κ3) is 3.37. The van der Waals surface area contributed by atoms with Crippen molar-refractivity contribution in [3.63, 3.8) is 0 Å². The summed E-state index contributed by atoms with van der Waals surface area (Å²) < 4.78 is 33.4. The van der Waals surface area contributed by atoms with Crippen LogP contribution in [0.1, 0.15) is 18.1 Å². The van der Waals surface area contributed by atoms with E-state index in [-0.39, 0.29) is 4.90 Å². The van der Waals surface area contributed by atoms with Crippen LogP contribution in [0.5, 0.6) is 5.75 Å². The van der Waals surface area contributed by atoms with Crippen molar-refractivity contribution in [3.05, 3.63) is 58.6 Å². The highest BCUT2D eigenvalue weighted by molar-refractivity contribution is 7.89. The molecule has 1 heterocycles. The number of hydrogen-bond acceptors (Lipinski definition) is 4. The van der Waals surface area contributed by atoms with Crippen LogP contribution in [0.2, 0.25) is 5.02 Å². The monoisotopic (exact) mass is 378 g/mol. The molecular weight excluding hydrogens is 360 g/mol. The van der Waals surface area contributed by atoms with Gasteiger partial charge in [-0.2, -0.15) is 0 Å². The highest BCUT2D eigenvalue weighted by Gasteiger charge is 2.34. The molecule has 2 aromatic carbocycles. The summed E-state index contributed by atoms with van der Waals surface area (Å²) >= 11 is 6.18. The van der Waals surface area contributed by atoms with Gasteiger partial charge in [-0.1, -0.05) is 41.9 Å². The first kappa shape index (κ1) is 17.8. The van der Waals surface area contributed by atoms with Crippen molar-refractivity contribution >= 4 is 27.5 Å².